The molecule has 10 nitrogen and oxygen atoms in total. The van der Waals surface area contributed by atoms with Crippen LogP contribution in [0.3, 0.4) is 0 Å². The molecule has 0 saturated heterocycles. The minimum atomic E-state index is -4.60. The third-order valence-electron chi connectivity index (χ3n) is 4.58. The molecule has 3 aromatic rings. The summed E-state index contributed by atoms with van der Waals surface area (Å²) in [5.41, 5.74) is -0.826. The monoisotopic (exact) mass is 477 g/mol. The van der Waals surface area contributed by atoms with Crippen LogP contribution in [0.15, 0.2) is 48.8 Å². The number of aromatic nitrogens is 3. The molecule has 0 radical (unpaired) electrons. The number of halogens is 3. The molecule has 0 aliphatic carbocycles. The Balaban J connectivity index is 1.79. The topological polar surface area (TPSA) is 158 Å². The molecular weight excluding hydrogens is 459 g/mol. The van der Waals surface area contributed by atoms with E-state index in [1.54, 1.807) is 12.1 Å². The van der Waals surface area contributed by atoms with Gasteiger partial charge in [0.25, 0.3) is 11.8 Å². The van der Waals surface area contributed by atoms with Crippen molar-refractivity contribution < 1.29 is 38.1 Å². The van der Waals surface area contributed by atoms with Crippen LogP contribution in [-0.2, 0) is 23.9 Å². The first-order valence-corrected chi connectivity index (χ1v) is 9.67. The number of aromatic hydroxyl groups is 2. The number of hydrogen-bond acceptors (Lipinski definition) is 8. The molecule has 34 heavy (non-hydrogen) atoms. The summed E-state index contributed by atoms with van der Waals surface area (Å²) >= 11 is 0. The number of carboxylic acids is 1. The zero-order valence-electron chi connectivity index (χ0n) is 17.2. The van der Waals surface area contributed by atoms with E-state index in [2.05, 4.69) is 25.6 Å². The molecule has 2 aromatic heterocycles. The molecule has 1 amide bonds. The maximum atomic E-state index is 12.9. The van der Waals surface area contributed by atoms with E-state index in [1.807, 2.05) is 0 Å². The molecule has 0 fully saturated rings. The van der Waals surface area contributed by atoms with Crippen LogP contribution in [-0.4, -0.2) is 48.2 Å². The molecule has 0 aliphatic rings. The highest BCUT2D eigenvalue weighted by atomic mass is 19.4. The SMILES string of the molecule is O=C(NCc1ccncc1)c1nc(N[C@@H](Cc2cccc(C(F)(F)F)c2)C(=O)O)nc(O)c1O. The van der Waals surface area contributed by atoms with Crippen LogP contribution in [0.25, 0.3) is 0 Å². The van der Waals surface area contributed by atoms with Gasteiger partial charge in [0, 0.05) is 25.4 Å². The van der Waals surface area contributed by atoms with E-state index in [4.69, 9.17) is 0 Å². The fourth-order valence-electron chi connectivity index (χ4n) is 2.90. The number of alkyl halides is 3. The smallest absolute Gasteiger partial charge is 0.416 e. The van der Waals surface area contributed by atoms with Gasteiger partial charge in [-0.25, -0.2) is 9.78 Å². The molecule has 5 N–H and O–H groups in total. The lowest BCUT2D eigenvalue weighted by molar-refractivity contribution is -0.138. The summed E-state index contributed by atoms with van der Waals surface area (Å²) in [6.07, 6.45) is -1.98. The van der Waals surface area contributed by atoms with Crippen LogP contribution in [0, 0.1) is 0 Å². The summed E-state index contributed by atoms with van der Waals surface area (Å²) in [5, 5.41) is 34.2. The summed E-state index contributed by atoms with van der Waals surface area (Å²) in [7, 11) is 0. The van der Waals surface area contributed by atoms with Crippen LogP contribution < -0.4 is 10.6 Å². The molecule has 0 bridgehead atoms. The van der Waals surface area contributed by atoms with Gasteiger partial charge >= 0.3 is 12.1 Å². The Morgan fingerprint density at radius 3 is 2.38 bits per heavy atom. The third-order valence-corrected chi connectivity index (χ3v) is 4.58. The van der Waals surface area contributed by atoms with Gasteiger partial charge in [-0.15, -0.1) is 0 Å². The van der Waals surface area contributed by atoms with Crippen molar-refractivity contribution in [2.45, 2.75) is 25.2 Å². The zero-order chi connectivity index (χ0) is 24.9. The van der Waals surface area contributed by atoms with Gasteiger partial charge in [0.15, 0.2) is 5.69 Å². The number of carbonyl (C=O) groups is 2. The van der Waals surface area contributed by atoms with Gasteiger partial charge in [-0.2, -0.15) is 18.2 Å². The lowest BCUT2D eigenvalue weighted by atomic mass is 10.0. The number of benzene rings is 1. The molecule has 13 heteroatoms. The number of anilines is 1. The molecule has 2 heterocycles. The Morgan fingerprint density at radius 1 is 1.03 bits per heavy atom. The minimum Gasteiger partial charge on any atom is -0.501 e. The standard InChI is InChI=1S/C21H18F3N5O5/c22-21(23,24)13-3-1-2-12(8-13)9-14(19(33)34)27-20-28-15(16(30)18(32)29-20)17(31)26-10-11-4-6-25-7-5-11/h1-8,14,30H,9-10H2,(H,26,31)(H,33,34)(H2,27,28,29,32)/t14-/m0/s1. The number of nitrogens with zero attached hydrogens (tertiary/aromatic N) is 3. The van der Waals surface area contributed by atoms with Gasteiger partial charge in [-0.1, -0.05) is 18.2 Å². The molecule has 3 rings (SSSR count). The summed E-state index contributed by atoms with van der Waals surface area (Å²) < 4.78 is 38.8. The van der Waals surface area contributed by atoms with Crippen LogP contribution in [0.2, 0.25) is 0 Å². The predicted octanol–water partition coefficient (Wildman–Crippen LogP) is 2.34. The summed E-state index contributed by atoms with van der Waals surface area (Å²) in [5.74, 6) is -4.78. The van der Waals surface area contributed by atoms with Gasteiger partial charge in [0.05, 0.1) is 5.56 Å². The predicted molar refractivity (Wildman–Crippen MR) is 111 cm³/mol. The zero-order valence-corrected chi connectivity index (χ0v) is 17.2. The molecule has 0 aliphatic heterocycles. The van der Waals surface area contributed by atoms with E-state index in [0.29, 0.717) is 5.56 Å². The van der Waals surface area contributed by atoms with Crippen molar-refractivity contribution in [2.24, 2.45) is 0 Å². The van der Waals surface area contributed by atoms with E-state index in [1.165, 1.54) is 18.5 Å². The number of carboxylic acid groups (broad SMARTS) is 1. The van der Waals surface area contributed by atoms with Gasteiger partial charge < -0.3 is 26.0 Å². The van der Waals surface area contributed by atoms with E-state index in [9.17, 15) is 38.1 Å². The average Bonchev–Trinajstić information content (AvgIpc) is 2.79. The van der Waals surface area contributed by atoms with Gasteiger partial charge in [-0.05, 0) is 29.3 Å². The number of aliphatic carboxylic acids is 1. The number of nitrogens with one attached hydrogen (secondary N) is 2. The van der Waals surface area contributed by atoms with Gasteiger partial charge in [0.2, 0.25) is 11.7 Å². The Labute approximate surface area is 190 Å². The fraction of sp³-hybridized carbons (Fsp3) is 0.190. The van der Waals surface area contributed by atoms with Crippen molar-refractivity contribution in [1.82, 2.24) is 20.3 Å². The van der Waals surface area contributed by atoms with E-state index in [-0.39, 0.29) is 12.1 Å². The van der Waals surface area contributed by atoms with Crippen LogP contribution in [0.1, 0.15) is 27.2 Å². The van der Waals surface area contributed by atoms with Gasteiger partial charge in [-0.3, -0.25) is 9.78 Å². The molecule has 0 spiro atoms. The van der Waals surface area contributed by atoms with E-state index in [0.717, 1.165) is 18.2 Å². The highest BCUT2D eigenvalue weighted by molar-refractivity contribution is 5.95. The van der Waals surface area contributed by atoms with Crippen molar-refractivity contribution in [3.05, 3.63) is 71.2 Å². The second kappa shape index (κ2) is 10.0. The van der Waals surface area contributed by atoms with Crippen molar-refractivity contribution in [3.8, 4) is 11.6 Å². The molecule has 178 valence electrons. The first-order valence-electron chi connectivity index (χ1n) is 9.67. The lowest BCUT2D eigenvalue weighted by Crippen LogP contribution is -2.33. The molecular formula is C21H18F3N5O5. The number of hydrogen-bond donors (Lipinski definition) is 5. The summed E-state index contributed by atoms with van der Waals surface area (Å²) in [6.45, 7) is 0.0433. The van der Waals surface area contributed by atoms with Crippen molar-refractivity contribution >= 4 is 17.8 Å². The molecule has 1 aromatic carbocycles. The van der Waals surface area contributed by atoms with Crippen LogP contribution in [0.5, 0.6) is 11.6 Å². The average molecular weight is 477 g/mol. The van der Waals surface area contributed by atoms with Crippen molar-refractivity contribution in [1.29, 1.82) is 0 Å². The number of carbonyl (C=O) groups excluding carboxylic acids is 1. The second-order valence-electron chi connectivity index (χ2n) is 7.04. The molecule has 1 atom stereocenters. The number of amides is 1. The third kappa shape index (κ3) is 6.09. The fourth-order valence-corrected chi connectivity index (χ4v) is 2.90. The number of pyridine rings is 1. The molecule has 0 saturated carbocycles. The Bertz CT molecular complexity index is 1190. The maximum Gasteiger partial charge on any atom is 0.416 e. The van der Waals surface area contributed by atoms with Crippen LogP contribution in [0.4, 0.5) is 19.1 Å². The lowest BCUT2D eigenvalue weighted by Gasteiger charge is -2.16. The van der Waals surface area contributed by atoms with Crippen molar-refractivity contribution in [2.75, 3.05) is 5.32 Å². The minimum absolute atomic E-state index is 0.0433. The Kier molecular flexibility index (Phi) is 7.14. The highest BCUT2D eigenvalue weighted by Gasteiger charge is 2.31. The van der Waals surface area contributed by atoms with E-state index >= 15 is 0 Å². The van der Waals surface area contributed by atoms with Gasteiger partial charge in [0.1, 0.15) is 6.04 Å². The Hall–Kier alpha value is -4.42. The highest BCUT2D eigenvalue weighted by Crippen LogP contribution is 2.30. The van der Waals surface area contributed by atoms with E-state index < -0.39 is 59.4 Å². The maximum absolute atomic E-state index is 12.9. The molecule has 0 unspecified atom stereocenters. The normalized spacial score (nSPS) is 12.1. The van der Waals surface area contributed by atoms with Crippen molar-refractivity contribution in [3.63, 3.8) is 0 Å². The quantitative estimate of drug-likeness (QED) is 0.328. The Morgan fingerprint density at radius 2 is 1.74 bits per heavy atom. The largest absolute Gasteiger partial charge is 0.501 e. The summed E-state index contributed by atoms with van der Waals surface area (Å²) in [4.78, 5) is 35.2. The second-order valence-corrected chi connectivity index (χ2v) is 7.04. The summed E-state index contributed by atoms with van der Waals surface area (Å²) in [6, 6.07) is 5.88. The first-order chi connectivity index (χ1) is 16.0. The first kappa shape index (κ1) is 24.2. The number of rotatable bonds is 8. The van der Waals surface area contributed by atoms with Crippen LogP contribution >= 0.6 is 0 Å².